The van der Waals surface area contributed by atoms with E-state index in [1.807, 2.05) is 6.92 Å². The lowest BCUT2D eigenvalue weighted by Crippen LogP contribution is -2.36. The van der Waals surface area contributed by atoms with Crippen LogP contribution in [0.2, 0.25) is 0 Å². The van der Waals surface area contributed by atoms with Gasteiger partial charge in [0.1, 0.15) is 5.52 Å². The van der Waals surface area contributed by atoms with E-state index in [0.717, 1.165) is 5.69 Å². The number of aromatic nitrogens is 3. The van der Waals surface area contributed by atoms with Crippen LogP contribution in [0, 0.1) is 6.92 Å². The minimum atomic E-state index is -0.360. The van der Waals surface area contributed by atoms with Crippen LogP contribution in [0.1, 0.15) is 25.6 Å². The molecule has 0 spiro atoms. The van der Waals surface area contributed by atoms with E-state index in [4.69, 9.17) is 0 Å². The molecule has 0 saturated carbocycles. The Hall–Kier alpha value is -1.78. The molecule has 0 radical (unpaired) electrons. The molecule has 5 nitrogen and oxygen atoms in total. The fraction of sp³-hybridized carbons (Fsp3) is 0.400. The van der Waals surface area contributed by atoms with Crippen molar-refractivity contribution in [1.29, 1.82) is 0 Å². The Balaban J connectivity index is 2.96. The summed E-state index contributed by atoms with van der Waals surface area (Å²) < 4.78 is 1.21. The van der Waals surface area contributed by atoms with Gasteiger partial charge in [0.05, 0.1) is 5.52 Å². The van der Waals surface area contributed by atoms with Crippen LogP contribution in [0.3, 0.4) is 0 Å². The van der Waals surface area contributed by atoms with Gasteiger partial charge in [-0.15, -0.1) is 0 Å². The van der Waals surface area contributed by atoms with Crippen LogP contribution < -0.4 is 11.2 Å². The summed E-state index contributed by atoms with van der Waals surface area (Å²) in [6, 6.07) is 1.61. The number of aromatic amines is 2. The summed E-state index contributed by atoms with van der Waals surface area (Å²) in [7, 11) is 0. The maximum Gasteiger partial charge on any atom is 0.329 e. The Morgan fingerprint density at radius 2 is 1.93 bits per heavy atom. The second kappa shape index (κ2) is 3.12. The summed E-state index contributed by atoms with van der Waals surface area (Å²) in [5.74, 6) is 0. The number of aryl methyl sites for hydroxylation is 1. The zero-order valence-electron chi connectivity index (χ0n) is 8.92. The predicted octanol–water partition coefficient (Wildman–Crippen LogP) is 0.907. The fourth-order valence-corrected chi connectivity index (χ4v) is 1.71. The van der Waals surface area contributed by atoms with Gasteiger partial charge in [-0.25, -0.2) is 4.79 Å². The summed E-state index contributed by atoms with van der Waals surface area (Å²) in [6.45, 7) is 5.45. The molecule has 0 aliphatic carbocycles. The van der Waals surface area contributed by atoms with Crippen molar-refractivity contribution in [3.05, 3.63) is 32.6 Å². The van der Waals surface area contributed by atoms with E-state index in [2.05, 4.69) is 9.97 Å². The Kier molecular flexibility index (Phi) is 2.03. The third-order valence-corrected chi connectivity index (χ3v) is 2.36. The van der Waals surface area contributed by atoms with Gasteiger partial charge in [0.25, 0.3) is 5.56 Å². The van der Waals surface area contributed by atoms with Crippen LogP contribution in [-0.4, -0.2) is 14.5 Å². The van der Waals surface area contributed by atoms with Crippen LogP contribution in [0.15, 0.2) is 15.7 Å². The van der Waals surface area contributed by atoms with Gasteiger partial charge in [-0.3, -0.25) is 9.36 Å². The highest BCUT2D eigenvalue weighted by Gasteiger charge is 2.11. The largest absolute Gasteiger partial charge is 0.353 e. The molecular weight excluding hydrogens is 194 g/mol. The molecule has 80 valence electrons. The number of nitrogens with one attached hydrogen (secondary N) is 2. The standard InChI is InChI=1S/C10H13N3O2/c1-5(2)13-9(14)8-7(12-10(13)15)4-6(3)11-8/h4-5,11H,1-3H3,(H,12,15). The van der Waals surface area contributed by atoms with Gasteiger partial charge >= 0.3 is 5.69 Å². The summed E-state index contributed by atoms with van der Waals surface area (Å²) in [5, 5.41) is 0. The van der Waals surface area contributed by atoms with Gasteiger partial charge in [0, 0.05) is 11.7 Å². The molecule has 5 heteroatoms. The van der Waals surface area contributed by atoms with Crippen LogP contribution in [0.25, 0.3) is 11.0 Å². The van der Waals surface area contributed by atoms with Gasteiger partial charge in [0.2, 0.25) is 0 Å². The van der Waals surface area contributed by atoms with E-state index in [1.165, 1.54) is 4.57 Å². The first-order chi connectivity index (χ1) is 7.00. The lowest BCUT2D eigenvalue weighted by Gasteiger charge is -2.07. The second-order valence-electron chi connectivity index (χ2n) is 3.94. The Labute approximate surface area is 85.8 Å². The maximum atomic E-state index is 11.9. The highest BCUT2D eigenvalue weighted by Crippen LogP contribution is 2.06. The molecular formula is C10H13N3O2. The summed E-state index contributed by atoms with van der Waals surface area (Å²) in [5.41, 5.74) is 1.26. The number of H-pyrrole nitrogens is 2. The zero-order chi connectivity index (χ0) is 11.2. The molecule has 2 aromatic rings. The quantitative estimate of drug-likeness (QED) is 0.729. The molecule has 0 unspecified atom stereocenters. The number of nitrogens with zero attached hydrogens (tertiary/aromatic N) is 1. The Morgan fingerprint density at radius 3 is 2.53 bits per heavy atom. The van der Waals surface area contributed by atoms with E-state index >= 15 is 0 Å². The summed E-state index contributed by atoms with van der Waals surface area (Å²) >= 11 is 0. The molecule has 15 heavy (non-hydrogen) atoms. The molecule has 0 bridgehead atoms. The minimum Gasteiger partial charge on any atom is -0.353 e. The summed E-state index contributed by atoms with van der Waals surface area (Å²) in [6.07, 6.45) is 0. The lowest BCUT2D eigenvalue weighted by molar-refractivity contribution is 0.551. The molecule has 0 aliphatic rings. The fourth-order valence-electron chi connectivity index (χ4n) is 1.71. The van der Waals surface area contributed by atoms with Crippen molar-refractivity contribution in [2.45, 2.75) is 26.8 Å². The molecule has 2 heterocycles. The number of hydrogen-bond acceptors (Lipinski definition) is 2. The minimum absolute atomic E-state index is 0.144. The van der Waals surface area contributed by atoms with Crippen molar-refractivity contribution in [2.24, 2.45) is 0 Å². The van der Waals surface area contributed by atoms with E-state index in [1.54, 1.807) is 19.9 Å². The van der Waals surface area contributed by atoms with Crippen LogP contribution in [0.5, 0.6) is 0 Å². The first-order valence-corrected chi connectivity index (χ1v) is 4.85. The van der Waals surface area contributed by atoms with E-state index < -0.39 is 0 Å². The van der Waals surface area contributed by atoms with Crippen molar-refractivity contribution in [3.8, 4) is 0 Å². The SMILES string of the molecule is Cc1cc2[nH]c(=O)n(C(C)C)c(=O)c2[nH]1. The van der Waals surface area contributed by atoms with Gasteiger partial charge in [0.15, 0.2) is 0 Å². The van der Waals surface area contributed by atoms with E-state index in [9.17, 15) is 9.59 Å². The molecule has 0 atom stereocenters. The van der Waals surface area contributed by atoms with Gasteiger partial charge in [-0.05, 0) is 26.8 Å². The Morgan fingerprint density at radius 1 is 1.27 bits per heavy atom. The first-order valence-electron chi connectivity index (χ1n) is 4.85. The van der Waals surface area contributed by atoms with Gasteiger partial charge < -0.3 is 9.97 Å². The van der Waals surface area contributed by atoms with Crippen LogP contribution in [-0.2, 0) is 0 Å². The summed E-state index contributed by atoms with van der Waals surface area (Å²) in [4.78, 5) is 29.1. The van der Waals surface area contributed by atoms with Crippen LogP contribution >= 0.6 is 0 Å². The lowest BCUT2D eigenvalue weighted by atomic mass is 10.3. The van der Waals surface area contributed by atoms with E-state index in [-0.39, 0.29) is 17.3 Å². The van der Waals surface area contributed by atoms with Crippen molar-refractivity contribution in [1.82, 2.24) is 14.5 Å². The normalized spacial score (nSPS) is 11.5. The van der Waals surface area contributed by atoms with Crippen molar-refractivity contribution < 1.29 is 0 Å². The van der Waals surface area contributed by atoms with Crippen molar-refractivity contribution in [3.63, 3.8) is 0 Å². The maximum absolute atomic E-state index is 11.9. The smallest absolute Gasteiger partial charge is 0.329 e. The predicted molar refractivity (Wildman–Crippen MR) is 58.3 cm³/mol. The van der Waals surface area contributed by atoms with Crippen molar-refractivity contribution >= 4 is 11.0 Å². The molecule has 0 fully saturated rings. The average molecular weight is 207 g/mol. The second-order valence-corrected chi connectivity index (χ2v) is 3.94. The van der Waals surface area contributed by atoms with Gasteiger partial charge in [-0.1, -0.05) is 0 Å². The van der Waals surface area contributed by atoms with E-state index in [0.29, 0.717) is 11.0 Å². The molecule has 2 N–H and O–H groups in total. The van der Waals surface area contributed by atoms with Crippen molar-refractivity contribution in [2.75, 3.05) is 0 Å². The molecule has 0 saturated heterocycles. The third-order valence-electron chi connectivity index (χ3n) is 2.36. The zero-order valence-corrected chi connectivity index (χ0v) is 8.92. The third kappa shape index (κ3) is 1.40. The average Bonchev–Trinajstić information content (AvgIpc) is 2.45. The number of rotatable bonds is 1. The topological polar surface area (TPSA) is 70.7 Å². The monoisotopic (exact) mass is 207 g/mol. The molecule has 0 amide bonds. The molecule has 2 rings (SSSR count). The highest BCUT2D eigenvalue weighted by atomic mass is 16.2. The highest BCUT2D eigenvalue weighted by molar-refractivity contribution is 5.74. The Bertz CT molecular complexity index is 616. The number of fused-ring (bicyclic) bond motifs is 1. The molecule has 0 aliphatic heterocycles. The molecule has 0 aromatic carbocycles. The number of hydrogen-bond donors (Lipinski definition) is 2. The van der Waals surface area contributed by atoms with Crippen LogP contribution in [0.4, 0.5) is 0 Å². The molecule has 2 aromatic heterocycles. The first kappa shape index (κ1) is 9.76. The van der Waals surface area contributed by atoms with Gasteiger partial charge in [-0.2, -0.15) is 0 Å².